The number of nitrogens with zero attached hydrogens (tertiary/aromatic N) is 1. The number of aryl methyl sites for hydroxylation is 1. The minimum atomic E-state index is -0.237. The molecule has 0 fully saturated rings. The minimum Gasteiger partial charge on any atom is -0.443 e. The Bertz CT molecular complexity index is 508. The molecule has 17 heavy (non-hydrogen) atoms. The van der Waals surface area contributed by atoms with Crippen LogP contribution in [0, 0.1) is 12.7 Å². The van der Waals surface area contributed by atoms with Crippen LogP contribution >= 0.6 is 0 Å². The number of rotatable bonds is 4. The van der Waals surface area contributed by atoms with Crippen LogP contribution in [0.5, 0.6) is 0 Å². The maximum Gasteiger partial charge on any atom is 0.181 e. The summed E-state index contributed by atoms with van der Waals surface area (Å²) in [7, 11) is 0. The quantitative estimate of drug-likeness (QED) is 0.884. The first-order chi connectivity index (χ1) is 8.22. The number of hydrogen-bond acceptors (Lipinski definition) is 3. The fourth-order valence-corrected chi connectivity index (χ4v) is 1.74. The topological polar surface area (TPSA) is 38.1 Å². The summed E-state index contributed by atoms with van der Waals surface area (Å²) in [6.07, 6.45) is 1.42. The van der Waals surface area contributed by atoms with E-state index in [2.05, 4.69) is 10.3 Å². The smallest absolute Gasteiger partial charge is 0.181 e. The van der Waals surface area contributed by atoms with Gasteiger partial charge in [0.1, 0.15) is 11.5 Å². The van der Waals surface area contributed by atoms with Crippen LogP contribution in [0.2, 0.25) is 0 Å². The molecule has 2 aromatic rings. The van der Waals surface area contributed by atoms with E-state index in [0.717, 1.165) is 23.4 Å². The standard InChI is InChI=1S/C13H15FN2O/c1-3-15-7-12-13(17-8-16-12)11-5-4-10(14)6-9(11)2/h4-6,8,15H,3,7H2,1-2H3. The van der Waals surface area contributed by atoms with Crippen molar-refractivity contribution in [2.75, 3.05) is 6.54 Å². The van der Waals surface area contributed by atoms with Gasteiger partial charge < -0.3 is 9.73 Å². The molecule has 0 atom stereocenters. The van der Waals surface area contributed by atoms with Gasteiger partial charge in [-0.15, -0.1) is 0 Å². The van der Waals surface area contributed by atoms with Crippen LogP contribution in [-0.2, 0) is 6.54 Å². The number of aromatic nitrogens is 1. The Hall–Kier alpha value is -1.68. The third-order valence-corrected chi connectivity index (χ3v) is 2.62. The Morgan fingerprint density at radius 3 is 2.94 bits per heavy atom. The molecular weight excluding hydrogens is 219 g/mol. The molecule has 0 spiro atoms. The number of oxazole rings is 1. The summed E-state index contributed by atoms with van der Waals surface area (Å²) in [5.74, 6) is 0.474. The van der Waals surface area contributed by atoms with Crippen molar-refractivity contribution in [1.29, 1.82) is 0 Å². The number of benzene rings is 1. The molecule has 0 aliphatic heterocycles. The second-order valence-electron chi connectivity index (χ2n) is 3.87. The summed E-state index contributed by atoms with van der Waals surface area (Å²) in [5, 5.41) is 3.20. The molecule has 1 heterocycles. The normalized spacial score (nSPS) is 10.8. The lowest BCUT2D eigenvalue weighted by Crippen LogP contribution is -2.12. The molecule has 0 bridgehead atoms. The first kappa shape index (κ1) is 11.8. The highest BCUT2D eigenvalue weighted by molar-refractivity contribution is 5.63. The summed E-state index contributed by atoms with van der Waals surface area (Å²) in [5.41, 5.74) is 2.58. The van der Waals surface area contributed by atoms with Gasteiger partial charge >= 0.3 is 0 Å². The van der Waals surface area contributed by atoms with Gasteiger partial charge in [0, 0.05) is 12.1 Å². The molecule has 90 valence electrons. The van der Waals surface area contributed by atoms with Gasteiger partial charge in [-0.2, -0.15) is 0 Å². The molecule has 0 saturated carbocycles. The Kier molecular flexibility index (Phi) is 3.54. The molecule has 0 aliphatic rings. The predicted octanol–water partition coefficient (Wildman–Crippen LogP) is 2.90. The fourth-order valence-electron chi connectivity index (χ4n) is 1.74. The van der Waals surface area contributed by atoms with Crippen molar-refractivity contribution in [2.45, 2.75) is 20.4 Å². The molecule has 1 aromatic heterocycles. The largest absolute Gasteiger partial charge is 0.443 e. The molecule has 2 rings (SSSR count). The maximum absolute atomic E-state index is 13.0. The van der Waals surface area contributed by atoms with E-state index in [-0.39, 0.29) is 5.82 Å². The molecule has 0 radical (unpaired) electrons. The van der Waals surface area contributed by atoms with Crippen LogP contribution in [-0.4, -0.2) is 11.5 Å². The van der Waals surface area contributed by atoms with Gasteiger partial charge in [0.2, 0.25) is 0 Å². The molecule has 4 heteroatoms. The van der Waals surface area contributed by atoms with Crippen molar-refractivity contribution in [3.63, 3.8) is 0 Å². The third kappa shape index (κ3) is 2.53. The second kappa shape index (κ2) is 5.10. The SMILES string of the molecule is CCNCc1ncoc1-c1ccc(F)cc1C. The lowest BCUT2D eigenvalue weighted by Gasteiger charge is -2.05. The Balaban J connectivity index is 2.35. The van der Waals surface area contributed by atoms with E-state index in [4.69, 9.17) is 4.42 Å². The first-order valence-electron chi connectivity index (χ1n) is 5.62. The van der Waals surface area contributed by atoms with Gasteiger partial charge in [-0.1, -0.05) is 6.92 Å². The van der Waals surface area contributed by atoms with Crippen LogP contribution in [0.4, 0.5) is 4.39 Å². The van der Waals surface area contributed by atoms with E-state index in [1.165, 1.54) is 18.5 Å². The predicted molar refractivity (Wildman–Crippen MR) is 64.0 cm³/mol. The van der Waals surface area contributed by atoms with Gasteiger partial charge in [-0.25, -0.2) is 9.37 Å². The number of nitrogens with one attached hydrogen (secondary N) is 1. The second-order valence-corrected chi connectivity index (χ2v) is 3.87. The molecule has 0 aliphatic carbocycles. The summed E-state index contributed by atoms with van der Waals surface area (Å²) in [6.45, 7) is 5.41. The highest BCUT2D eigenvalue weighted by Crippen LogP contribution is 2.26. The van der Waals surface area contributed by atoms with Crippen molar-refractivity contribution < 1.29 is 8.81 Å². The van der Waals surface area contributed by atoms with Crippen molar-refractivity contribution in [3.05, 3.63) is 41.7 Å². The number of hydrogen-bond donors (Lipinski definition) is 1. The highest BCUT2D eigenvalue weighted by Gasteiger charge is 2.12. The van der Waals surface area contributed by atoms with Crippen LogP contribution < -0.4 is 5.32 Å². The highest BCUT2D eigenvalue weighted by atomic mass is 19.1. The van der Waals surface area contributed by atoms with Crippen LogP contribution in [0.15, 0.2) is 29.0 Å². The first-order valence-corrected chi connectivity index (χ1v) is 5.62. The zero-order chi connectivity index (χ0) is 12.3. The molecule has 0 unspecified atom stereocenters. The minimum absolute atomic E-state index is 0.237. The molecule has 1 aromatic carbocycles. The van der Waals surface area contributed by atoms with E-state index >= 15 is 0 Å². The Labute approximate surface area is 99.7 Å². The van der Waals surface area contributed by atoms with Crippen LogP contribution in [0.3, 0.4) is 0 Å². The lowest BCUT2D eigenvalue weighted by atomic mass is 10.0. The van der Waals surface area contributed by atoms with Gasteiger partial charge in [0.05, 0.1) is 0 Å². The van der Waals surface area contributed by atoms with Crippen LogP contribution in [0.1, 0.15) is 18.2 Å². The van der Waals surface area contributed by atoms with E-state index in [1.54, 1.807) is 6.07 Å². The average Bonchev–Trinajstić information content (AvgIpc) is 2.74. The lowest BCUT2D eigenvalue weighted by molar-refractivity contribution is 0.569. The van der Waals surface area contributed by atoms with Crippen molar-refractivity contribution in [3.8, 4) is 11.3 Å². The van der Waals surface area contributed by atoms with E-state index in [9.17, 15) is 4.39 Å². The van der Waals surface area contributed by atoms with Crippen molar-refractivity contribution >= 4 is 0 Å². The monoisotopic (exact) mass is 234 g/mol. The molecule has 0 saturated heterocycles. The van der Waals surface area contributed by atoms with Gasteiger partial charge in [0.25, 0.3) is 0 Å². The van der Waals surface area contributed by atoms with Gasteiger partial charge in [-0.05, 0) is 37.2 Å². The third-order valence-electron chi connectivity index (χ3n) is 2.62. The summed E-state index contributed by atoms with van der Waals surface area (Å²) in [6, 6.07) is 4.65. The zero-order valence-corrected chi connectivity index (χ0v) is 9.96. The molecule has 0 amide bonds. The van der Waals surface area contributed by atoms with Gasteiger partial charge in [0.15, 0.2) is 12.2 Å². The summed E-state index contributed by atoms with van der Waals surface area (Å²) >= 11 is 0. The molecule has 1 N–H and O–H groups in total. The summed E-state index contributed by atoms with van der Waals surface area (Å²) < 4.78 is 18.4. The van der Waals surface area contributed by atoms with Crippen LogP contribution in [0.25, 0.3) is 11.3 Å². The Morgan fingerprint density at radius 2 is 2.24 bits per heavy atom. The van der Waals surface area contributed by atoms with Crippen molar-refractivity contribution in [2.24, 2.45) is 0 Å². The fraction of sp³-hybridized carbons (Fsp3) is 0.308. The van der Waals surface area contributed by atoms with E-state index in [0.29, 0.717) is 12.3 Å². The average molecular weight is 234 g/mol. The zero-order valence-electron chi connectivity index (χ0n) is 9.96. The van der Waals surface area contributed by atoms with E-state index in [1.807, 2.05) is 13.8 Å². The van der Waals surface area contributed by atoms with E-state index < -0.39 is 0 Å². The summed E-state index contributed by atoms with van der Waals surface area (Å²) in [4.78, 5) is 4.17. The molecular formula is C13H15FN2O. The van der Waals surface area contributed by atoms with Crippen molar-refractivity contribution in [1.82, 2.24) is 10.3 Å². The van der Waals surface area contributed by atoms with Gasteiger partial charge in [-0.3, -0.25) is 0 Å². The molecule has 3 nitrogen and oxygen atoms in total. The maximum atomic E-state index is 13.0. The Morgan fingerprint density at radius 1 is 1.41 bits per heavy atom. The number of halogens is 1.